The van der Waals surface area contributed by atoms with E-state index in [1.807, 2.05) is 0 Å². The van der Waals surface area contributed by atoms with Gasteiger partial charge >= 0.3 is 0 Å². The molecule has 108 valence electrons. The number of rotatable bonds is 5. The quantitative estimate of drug-likeness (QED) is 0.872. The fraction of sp³-hybridized carbons (Fsp3) is 0.250. The highest BCUT2D eigenvalue weighted by molar-refractivity contribution is 7.89. The second-order valence-corrected chi connectivity index (χ2v) is 5.91. The number of sulfonamides is 1. The molecule has 0 fully saturated rings. The van der Waals surface area contributed by atoms with Gasteiger partial charge < -0.3 is 4.74 Å². The number of H-pyrrole nitrogens is 1. The molecule has 0 spiro atoms. The van der Waals surface area contributed by atoms with Gasteiger partial charge in [0.15, 0.2) is 11.6 Å². The molecule has 6 nitrogen and oxygen atoms in total. The normalized spacial score (nSPS) is 11.6. The third-order valence-corrected chi connectivity index (χ3v) is 4.22. The number of benzene rings is 1. The number of ether oxygens (including phenoxy) is 1. The number of halogens is 1. The van der Waals surface area contributed by atoms with Crippen molar-refractivity contribution in [2.45, 2.75) is 18.4 Å². The maximum atomic E-state index is 13.5. The van der Waals surface area contributed by atoms with E-state index in [1.54, 1.807) is 6.92 Å². The summed E-state index contributed by atoms with van der Waals surface area (Å²) in [6, 6.07) is 3.48. The van der Waals surface area contributed by atoms with Gasteiger partial charge in [0.1, 0.15) is 0 Å². The molecule has 1 aromatic heterocycles. The van der Waals surface area contributed by atoms with E-state index < -0.39 is 15.8 Å². The van der Waals surface area contributed by atoms with Gasteiger partial charge in [0.05, 0.1) is 18.2 Å². The van der Waals surface area contributed by atoms with E-state index in [2.05, 4.69) is 14.9 Å². The third kappa shape index (κ3) is 2.97. The van der Waals surface area contributed by atoms with Crippen molar-refractivity contribution < 1.29 is 17.5 Å². The van der Waals surface area contributed by atoms with Crippen LogP contribution in [0.1, 0.15) is 11.3 Å². The van der Waals surface area contributed by atoms with Crippen LogP contribution >= 0.6 is 0 Å². The van der Waals surface area contributed by atoms with Crippen LogP contribution in [0.5, 0.6) is 5.75 Å². The smallest absolute Gasteiger partial charge is 0.240 e. The standard InChI is InChI=1S/C12H14FN3O3S/c1-8-9(6-14-16-8)7-15-20(17,18)10-3-4-12(19-2)11(13)5-10/h3-6,15H,7H2,1-2H3,(H,14,16). The molecule has 0 aliphatic heterocycles. The van der Waals surface area contributed by atoms with Gasteiger partial charge in [-0.2, -0.15) is 5.10 Å². The average Bonchev–Trinajstić information content (AvgIpc) is 2.82. The lowest BCUT2D eigenvalue weighted by atomic mass is 10.3. The molecule has 0 bridgehead atoms. The predicted molar refractivity (Wildman–Crippen MR) is 70.3 cm³/mol. The van der Waals surface area contributed by atoms with Gasteiger partial charge in [-0.15, -0.1) is 0 Å². The molecule has 2 aromatic rings. The van der Waals surface area contributed by atoms with E-state index in [0.29, 0.717) is 0 Å². The summed E-state index contributed by atoms with van der Waals surface area (Å²) in [5.74, 6) is -0.732. The third-order valence-electron chi connectivity index (χ3n) is 2.82. The zero-order valence-corrected chi connectivity index (χ0v) is 11.8. The highest BCUT2D eigenvalue weighted by atomic mass is 32.2. The molecule has 0 saturated heterocycles. The molecule has 20 heavy (non-hydrogen) atoms. The van der Waals surface area contributed by atoms with Gasteiger partial charge in [0, 0.05) is 17.8 Å². The van der Waals surface area contributed by atoms with E-state index in [1.165, 1.54) is 25.4 Å². The number of hydrogen-bond acceptors (Lipinski definition) is 4. The molecule has 1 aromatic carbocycles. The summed E-state index contributed by atoms with van der Waals surface area (Å²) in [5, 5.41) is 6.50. The summed E-state index contributed by atoms with van der Waals surface area (Å²) in [6.07, 6.45) is 1.53. The van der Waals surface area contributed by atoms with Crippen LogP contribution in [0.2, 0.25) is 0 Å². The molecule has 0 amide bonds. The molecule has 0 aliphatic rings. The van der Waals surface area contributed by atoms with Crippen molar-refractivity contribution in [3.8, 4) is 5.75 Å². The molecule has 0 unspecified atom stereocenters. The van der Waals surface area contributed by atoms with Gasteiger partial charge in [-0.25, -0.2) is 17.5 Å². The highest BCUT2D eigenvalue weighted by Gasteiger charge is 2.17. The minimum absolute atomic E-state index is 0.00497. The minimum atomic E-state index is -3.79. The molecule has 1 heterocycles. The Hall–Kier alpha value is -1.93. The Bertz CT molecular complexity index is 712. The highest BCUT2D eigenvalue weighted by Crippen LogP contribution is 2.20. The lowest BCUT2D eigenvalue weighted by Crippen LogP contribution is -2.23. The second kappa shape index (κ2) is 5.59. The van der Waals surface area contributed by atoms with Crippen molar-refractivity contribution in [2.24, 2.45) is 0 Å². The summed E-state index contributed by atoms with van der Waals surface area (Å²) in [4.78, 5) is -0.156. The topological polar surface area (TPSA) is 84.1 Å². The molecule has 0 aliphatic carbocycles. The second-order valence-electron chi connectivity index (χ2n) is 4.14. The number of aromatic nitrogens is 2. The molecule has 0 atom stereocenters. The average molecular weight is 299 g/mol. The van der Waals surface area contributed by atoms with Crippen LogP contribution < -0.4 is 9.46 Å². The van der Waals surface area contributed by atoms with Crippen molar-refractivity contribution in [2.75, 3.05) is 7.11 Å². The summed E-state index contributed by atoms with van der Waals surface area (Å²) < 4.78 is 44.7. The van der Waals surface area contributed by atoms with Crippen LogP contribution in [0.4, 0.5) is 4.39 Å². The minimum Gasteiger partial charge on any atom is -0.494 e. The fourth-order valence-electron chi connectivity index (χ4n) is 1.62. The van der Waals surface area contributed by atoms with Gasteiger partial charge in [0.2, 0.25) is 10.0 Å². The Labute approximate surface area is 116 Å². The van der Waals surface area contributed by atoms with Crippen LogP contribution in [-0.4, -0.2) is 25.7 Å². The summed E-state index contributed by atoms with van der Waals surface area (Å²) in [7, 11) is -2.48. The van der Waals surface area contributed by atoms with E-state index >= 15 is 0 Å². The van der Waals surface area contributed by atoms with Gasteiger partial charge in [-0.3, -0.25) is 5.10 Å². The Morgan fingerprint density at radius 3 is 2.75 bits per heavy atom. The van der Waals surface area contributed by atoms with Crippen molar-refractivity contribution in [3.05, 3.63) is 41.5 Å². The maximum Gasteiger partial charge on any atom is 0.240 e. The zero-order chi connectivity index (χ0) is 14.8. The first-order chi connectivity index (χ1) is 9.44. The number of aromatic amines is 1. The molecule has 0 saturated carbocycles. The van der Waals surface area contributed by atoms with Gasteiger partial charge in [-0.1, -0.05) is 0 Å². The zero-order valence-electron chi connectivity index (χ0n) is 11.0. The number of nitrogens with zero attached hydrogens (tertiary/aromatic N) is 1. The van der Waals surface area contributed by atoms with Gasteiger partial charge in [-0.05, 0) is 25.1 Å². The first-order valence-corrected chi connectivity index (χ1v) is 7.24. The van der Waals surface area contributed by atoms with Crippen LogP contribution in [-0.2, 0) is 16.6 Å². The Balaban J connectivity index is 2.18. The van der Waals surface area contributed by atoms with E-state index in [4.69, 9.17) is 4.74 Å². The van der Waals surface area contributed by atoms with Crippen LogP contribution in [0.3, 0.4) is 0 Å². The summed E-state index contributed by atoms with van der Waals surface area (Å²) in [6.45, 7) is 1.86. The molecule has 2 N–H and O–H groups in total. The predicted octanol–water partition coefficient (Wildman–Crippen LogP) is 1.34. The molecule has 0 radical (unpaired) electrons. The monoisotopic (exact) mass is 299 g/mol. The molecular formula is C12H14FN3O3S. The van der Waals surface area contributed by atoms with E-state index in [9.17, 15) is 12.8 Å². The van der Waals surface area contributed by atoms with Gasteiger partial charge in [0.25, 0.3) is 0 Å². The first kappa shape index (κ1) is 14.5. The lowest BCUT2D eigenvalue weighted by Gasteiger charge is -2.08. The van der Waals surface area contributed by atoms with Crippen LogP contribution in [0, 0.1) is 12.7 Å². The first-order valence-electron chi connectivity index (χ1n) is 5.76. The van der Waals surface area contributed by atoms with Crippen molar-refractivity contribution in [1.29, 1.82) is 0 Å². The van der Waals surface area contributed by atoms with Crippen LogP contribution in [0.25, 0.3) is 0 Å². The Kier molecular flexibility index (Phi) is 4.05. The number of nitrogens with one attached hydrogen (secondary N) is 2. The van der Waals surface area contributed by atoms with Crippen LogP contribution in [0.15, 0.2) is 29.3 Å². The maximum absolute atomic E-state index is 13.5. The van der Waals surface area contributed by atoms with Crippen molar-refractivity contribution in [3.63, 3.8) is 0 Å². The molecular weight excluding hydrogens is 285 g/mol. The largest absolute Gasteiger partial charge is 0.494 e. The lowest BCUT2D eigenvalue weighted by molar-refractivity contribution is 0.385. The summed E-state index contributed by atoms with van der Waals surface area (Å²) in [5.41, 5.74) is 1.50. The number of methoxy groups -OCH3 is 1. The summed E-state index contributed by atoms with van der Waals surface area (Å²) >= 11 is 0. The molecule has 8 heteroatoms. The van der Waals surface area contributed by atoms with E-state index in [-0.39, 0.29) is 17.2 Å². The Morgan fingerprint density at radius 1 is 1.45 bits per heavy atom. The number of aryl methyl sites for hydroxylation is 1. The fourth-order valence-corrected chi connectivity index (χ4v) is 2.64. The van der Waals surface area contributed by atoms with Crippen molar-refractivity contribution in [1.82, 2.24) is 14.9 Å². The van der Waals surface area contributed by atoms with Crippen molar-refractivity contribution >= 4 is 10.0 Å². The van der Waals surface area contributed by atoms with E-state index in [0.717, 1.165) is 17.3 Å². The number of hydrogen-bond donors (Lipinski definition) is 2. The molecule has 2 rings (SSSR count). The Morgan fingerprint density at radius 2 is 2.20 bits per heavy atom. The SMILES string of the molecule is COc1ccc(S(=O)(=O)NCc2cn[nH]c2C)cc1F.